The van der Waals surface area contributed by atoms with Crippen molar-refractivity contribution in [2.75, 3.05) is 0 Å². The Hall–Kier alpha value is -1.08. The highest BCUT2D eigenvalue weighted by Gasteiger charge is 2.18. The minimum absolute atomic E-state index is 0.354. The van der Waals surface area contributed by atoms with Crippen molar-refractivity contribution in [3.63, 3.8) is 0 Å². The Balaban J connectivity index is 2.39. The third kappa shape index (κ3) is 3.09. The molecule has 102 valence electrons. The lowest BCUT2D eigenvalue weighted by molar-refractivity contribution is 0.612. The first kappa shape index (κ1) is 14.3. The van der Waals surface area contributed by atoms with Crippen molar-refractivity contribution in [3.05, 3.63) is 34.6 Å². The largest absolute Gasteiger partial charge is 0.303 e. The summed E-state index contributed by atoms with van der Waals surface area (Å²) in [5, 5.41) is 0. The summed E-state index contributed by atoms with van der Waals surface area (Å²) in [6, 6.07) is 1.61. The molecule has 2 heterocycles. The fourth-order valence-corrected chi connectivity index (χ4v) is 2.20. The highest BCUT2D eigenvalue weighted by Crippen LogP contribution is 2.19. The van der Waals surface area contributed by atoms with E-state index in [-0.39, 0.29) is 5.82 Å². The van der Waals surface area contributed by atoms with Crippen LogP contribution in [0.1, 0.15) is 26.5 Å². The van der Waals surface area contributed by atoms with E-state index in [1.807, 2.05) is 20.8 Å². The van der Waals surface area contributed by atoms with Crippen molar-refractivity contribution in [2.24, 2.45) is 4.40 Å². The van der Waals surface area contributed by atoms with E-state index < -0.39 is 15.7 Å². The first-order valence-electron chi connectivity index (χ1n) is 5.57. The molecule has 0 saturated carbocycles. The molecule has 0 saturated heterocycles. The molecule has 2 aromatic heterocycles. The third-order valence-electron chi connectivity index (χ3n) is 2.40. The Bertz CT molecular complexity index is 675. The lowest BCUT2D eigenvalue weighted by Crippen LogP contribution is -2.19. The number of imidazole rings is 1. The van der Waals surface area contributed by atoms with Crippen LogP contribution in [0.25, 0.3) is 5.52 Å². The maximum atomic E-state index is 13.4. The van der Waals surface area contributed by atoms with E-state index in [0.29, 0.717) is 15.7 Å². The Morgan fingerprint density at radius 1 is 1.53 bits per heavy atom. The van der Waals surface area contributed by atoms with Crippen molar-refractivity contribution in [2.45, 2.75) is 25.5 Å². The lowest BCUT2D eigenvalue weighted by Gasteiger charge is -2.12. The van der Waals surface area contributed by atoms with Crippen LogP contribution in [-0.4, -0.2) is 24.6 Å². The molecule has 0 radical (unpaired) electrons. The van der Waals surface area contributed by atoms with E-state index in [2.05, 4.69) is 25.3 Å². The average Bonchev–Trinajstić information content (AvgIpc) is 2.68. The molecule has 0 spiro atoms. The van der Waals surface area contributed by atoms with Gasteiger partial charge in [0, 0.05) is 6.20 Å². The van der Waals surface area contributed by atoms with Gasteiger partial charge >= 0.3 is 0 Å². The van der Waals surface area contributed by atoms with Gasteiger partial charge in [-0.05, 0) is 42.8 Å². The molecular formula is C12H13BrFN3OS. The van der Waals surface area contributed by atoms with E-state index in [1.54, 1.807) is 10.5 Å². The summed E-state index contributed by atoms with van der Waals surface area (Å²) in [7, 11) is -1.34. The van der Waals surface area contributed by atoms with Crippen LogP contribution >= 0.6 is 15.9 Å². The van der Waals surface area contributed by atoms with Gasteiger partial charge in [0.15, 0.2) is 5.82 Å². The second-order valence-corrected chi connectivity index (χ2v) is 7.78. The monoisotopic (exact) mass is 345 g/mol. The van der Waals surface area contributed by atoms with Crippen molar-refractivity contribution < 1.29 is 8.60 Å². The van der Waals surface area contributed by atoms with Crippen LogP contribution in [0.2, 0.25) is 0 Å². The van der Waals surface area contributed by atoms with Crippen molar-refractivity contribution >= 4 is 38.6 Å². The minimum Gasteiger partial charge on any atom is -0.303 e. The maximum Gasteiger partial charge on any atom is 0.154 e. The van der Waals surface area contributed by atoms with Crippen LogP contribution in [0.15, 0.2) is 27.5 Å². The Kier molecular flexibility index (Phi) is 3.87. The predicted octanol–water partition coefficient (Wildman–Crippen LogP) is 3.12. The quantitative estimate of drug-likeness (QED) is 0.785. The van der Waals surface area contributed by atoms with Crippen LogP contribution in [0.4, 0.5) is 4.39 Å². The van der Waals surface area contributed by atoms with Gasteiger partial charge in [-0.25, -0.2) is 13.6 Å². The van der Waals surface area contributed by atoms with Crippen LogP contribution < -0.4 is 0 Å². The van der Waals surface area contributed by atoms with Crippen molar-refractivity contribution in [1.29, 1.82) is 0 Å². The smallest absolute Gasteiger partial charge is 0.154 e. The van der Waals surface area contributed by atoms with Gasteiger partial charge in [0.05, 0.1) is 21.0 Å². The van der Waals surface area contributed by atoms with Crippen LogP contribution in [0, 0.1) is 5.82 Å². The van der Waals surface area contributed by atoms with E-state index in [4.69, 9.17) is 0 Å². The topological polar surface area (TPSA) is 46.7 Å². The summed E-state index contributed by atoms with van der Waals surface area (Å²) < 4.78 is 30.7. The molecule has 0 N–H and O–H groups in total. The molecule has 2 aromatic rings. The van der Waals surface area contributed by atoms with Gasteiger partial charge in [0.2, 0.25) is 0 Å². The molecule has 0 aliphatic heterocycles. The molecule has 0 fully saturated rings. The van der Waals surface area contributed by atoms with Gasteiger partial charge in [-0.3, -0.25) is 0 Å². The zero-order chi connectivity index (χ0) is 14.2. The molecule has 0 amide bonds. The molecule has 19 heavy (non-hydrogen) atoms. The number of hydrogen-bond acceptors (Lipinski definition) is 2. The molecule has 0 aromatic carbocycles. The third-order valence-corrected chi connectivity index (χ3v) is 4.35. The first-order valence-corrected chi connectivity index (χ1v) is 7.47. The standard InChI is InChI=1S/C12H13BrFN3OS/c1-12(2,3)19(18)16-5-10-11-4-8(13)9(14)6-17(11)7-15-10/h4-7H,1-3H3/b16-5+. The number of fused-ring (bicyclic) bond motifs is 1. The summed E-state index contributed by atoms with van der Waals surface area (Å²) in [5.41, 5.74) is 1.25. The highest BCUT2D eigenvalue weighted by atomic mass is 79.9. The number of rotatable bonds is 2. The molecule has 1 unspecified atom stereocenters. The lowest BCUT2D eigenvalue weighted by atomic mass is 10.3. The second kappa shape index (κ2) is 5.13. The predicted molar refractivity (Wildman–Crippen MR) is 78.3 cm³/mol. The minimum atomic E-state index is -1.34. The molecule has 0 aliphatic carbocycles. The Labute approximate surface area is 121 Å². The maximum absolute atomic E-state index is 13.4. The summed E-state index contributed by atoms with van der Waals surface area (Å²) in [6.45, 7) is 5.53. The molecule has 0 aliphatic rings. The zero-order valence-corrected chi connectivity index (χ0v) is 13.1. The summed E-state index contributed by atoms with van der Waals surface area (Å²) in [4.78, 5) is 4.12. The summed E-state index contributed by atoms with van der Waals surface area (Å²) >= 11 is 3.13. The fourth-order valence-electron chi connectivity index (χ4n) is 1.36. The van der Waals surface area contributed by atoms with Crippen molar-refractivity contribution in [3.8, 4) is 0 Å². The number of hydrogen-bond donors (Lipinski definition) is 0. The van der Waals surface area contributed by atoms with E-state index >= 15 is 0 Å². The summed E-state index contributed by atoms with van der Waals surface area (Å²) in [5.74, 6) is -0.369. The second-order valence-electron chi connectivity index (χ2n) is 4.99. The molecular weight excluding hydrogens is 333 g/mol. The average molecular weight is 346 g/mol. The van der Waals surface area contributed by atoms with E-state index in [9.17, 15) is 8.60 Å². The van der Waals surface area contributed by atoms with Crippen LogP contribution in [0.3, 0.4) is 0 Å². The molecule has 7 heteroatoms. The number of pyridine rings is 1. The number of aromatic nitrogens is 2. The van der Waals surface area contributed by atoms with Gasteiger partial charge in [-0.15, -0.1) is 0 Å². The zero-order valence-electron chi connectivity index (χ0n) is 10.7. The van der Waals surface area contributed by atoms with Gasteiger partial charge in [0.25, 0.3) is 0 Å². The van der Waals surface area contributed by atoms with Gasteiger partial charge < -0.3 is 4.40 Å². The van der Waals surface area contributed by atoms with Gasteiger partial charge in [-0.1, -0.05) is 0 Å². The number of halogens is 2. The Morgan fingerprint density at radius 3 is 2.84 bits per heavy atom. The Morgan fingerprint density at radius 2 is 2.21 bits per heavy atom. The van der Waals surface area contributed by atoms with Crippen LogP contribution in [-0.2, 0) is 11.0 Å². The first-order chi connectivity index (χ1) is 8.79. The molecule has 1 atom stereocenters. The molecule has 0 bridgehead atoms. The van der Waals surface area contributed by atoms with E-state index in [1.165, 1.54) is 18.7 Å². The highest BCUT2D eigenvalue weighted by molar-refractivity contribution is 9.10. The van der Waals surface area contributed by atoms with Crippen molar-refractivity contribution in [1.82, 2.24) is 9.38 Å². The van der Waals surface area contributed by atoms with Gasteiger partial charge in [-0.2, -0.15) is 4.40 Å². The molecule has 4 nitrogen and oxygen atoms in total. The van der Waals surface area contributed by atoms with Crippen LogP contribution in [0.5, 0.6) is 0 Å². The van der Waals surface area contributed by atoms with E-state index in [0.717, 1.165) is 0 Å². The SMILES string of the molecule is CC(C)(C)S(=O)/N=C/c1ncn2cc(F)c(Br)cc12. The normalized spacial score (nSPS) is 14.4. The number of nitrogens with zero attached hydrogens (tertiary/aromatic N) is 3. The van der Waals surface area contributed by atoms with Gasteiger partial charge in [0.1, 0.15) is 23.0 Å². The summed E-state index contributed by atoms with van der Waals surface area (Å²) in [6.07, 6.45) is 4.28. The molecule has 2 rings (SSSR count). The fraction of sp³-hybridized carbons (Fsp3) is 0.333.